The second-order valence-electron chi connectivity index (χ2n) is 6.38. The van der Waals surface area contributed by atoms with Crippen molar-refractivity contribution in [3.8, 4) is 0 Å². The minimum Gasteiger partial charge on any atom is -0.337 e. The first-order chi connectivity index (χ1) is 11.6. The molecule has 0 saturated carbocycles. The molecule has 0 atom stereocenters. The smallest absolute Gasteiger partial charge is 0.274 e. The van der Waals surface area contributed by atoms with Crippen LogP contribution in [0.1, 0.15) is 39.9 Å². The molecular formula is C18H20N4OS. The number of likely N-dealkylation sites (tertiary alicyclic amines) is 1. The molecule has 24 heavy (non-hydrogen) atoms. The van der Waals surface area contributed by atoms with Crippen LogP contribution < -0.4 is 0 Å². The summed E-state index contributed by atoms with van der Waals surface area (Å²) in [6.45, 7) is 3.51. The Balaban J connectivity index is 1.45. The van der Waals surface area contributed by atoms with Gasteiger partial charge in [0, 0.05) is 31.7 Å². The third-order valence-electron chi connectivity index (χ3n) is 4.77. The van der Waals surface area contributed by atoms with E-state index in [0.29, 0.717) is 11.6 Å². The number of carbonyl (C=O) groups is 1. The van der Waals surface area contributed by atoms with Gasteiger partial charge in [-0.05, 0) is 38.0 Å². The summed E-state index contributed by atoms with van der Waals surface area (Å²) in [4.78, 5) is 19.3. The maximum Gasteiger partial charge on any atom is 0.274 e. The van der Waals surface area contributed by atoms with Gasteiger partial charge in [-0.3, -0.25) is 9.48 Å². The number of rotatable bonds is 2. The molecule has 1 fully saturated rings. The van der Waals surface area contributed by atoms with E-state index in [4.69, 9.17) is 4.98 Å². The molecule has 4 rings (SSSR count). The Kier molecular flexibility index (Phi) is 3.84. The Morgan fingerprint density at radius 2 is 2.00 bits per heavy atom. The summed E-state index contributed by atoms with van der Waals surface area (Å²) in [5.74, 6) is 0.498. The molecule has 0 aliphatic carbocycles. The lowest BCUT2D eigenvalue weighted by Crippen LogP contribution is -2.38. The van der Waals surface area contributed by atoms with Gasteiger partial charge in [-0.1, -0.05) is 12.1 Å². The zero-order valence-electron chi connectivity index (χ0n) is 13.9. The molecule has 1 aromatic carbocycles. The molecule has 0 radical (unpaired) electrons. The minimum absolute atomic E-state index is 0.0430. The van der Waals surface area contributed by atoms with Crippen LogP contribution in [0.3, 0.4) is 0 Å². The van der Waals surface area contributed by atoms with Crippen molar-refractivity contribution in [3.05, 3.63) is 46.7 Å². The molecule has 3 heterocycles. The van der Waals surface area contributed by atoms with E-state index in [2.05, 4.69) is 23.3 Å². The number of aromatic nitrogens is 3. The van der Waals surface area contributed by atoms with Crippen molar-refractivity contribution in [3.63, 3.8) is 0 Å². The molecule has 0 unspecified atom stereocenters. The third-order valence-corrected chi connectivity index (χ3v) is 5.97. The summed E-state index contributed by atoms with van der Waals surface area (Å²) >= 11 is 1.78. The lowest BCUT2D eigenvalue weighted by Gasteiger charge is -2.30. The van der Waals surface area contributed by atoms with Crippen LogP contribution in [0, 0.1) is 6.92 Å². The highest BCUT2D eigenvalue weighted by Crippen LogP contribution is 2.34. The zero-order valence-corrected chi connectivity index (χ0v) is 14.7. The highest BCUT2D eigenvalue weighted by Gasteiger charge is 2.27. The maximum absolute atomic E-state index is 12.6. The molecule has 0 spiro atoms. The molecule has 0 bridgehead atoms. The molecule has 1 amide bonds. The first kappa shape index (κ1) is 15.3. The number of para-hydroxylation sites is 1. The fourth-order valence-electron chi connectivity index (χ4n) is 3.22. The van der Waals surface area contributed by atoms with Gasteiger partial charge in [0.15, 0.2) is 5.69 Å². The lowest BCUT2D eigenvalue weighted by atomic mass is 9.97. The lowest BCUT2D eigenvalue weighted by molar-refractivity contribution is 0.0706. The van der Waals surface area contributed by atoms with Crippen molar-refractivity contribution in [1.82, 2.24) is 19.7 Å². The quantitative estimate of drug-likeness (QED) is 0.719. The maximum atomic E-state index is 12.6. The number of nitrogens with zero attached hydrogens (tertiary/aromatic N) is 4. The number of aryl methyl sites for hydroxylation is 2. The van der Waals surface area contributed by atoms with Crippen molar-refractivity contribution >= 4 is 27.5 Å². The number of hydrogen-bond donors (Lipinski definition) is 0. The second kappa shape index (κ2) is 6.02. The van der Waals surface area contributed by atoms with Crippen LogP contribution in [-0.2, 0) is 7.05 Å². The van der Waals surface area contributed by atoms with E-state index in [-0.39, 0.29) is 5.91 Å². The number of thiazole rings is 1. The molecular weight excluding hydrogens is 320 g/mol. The second-order valence-corrected chi connectivity index (χ2v) is 7.44. The van der Waals surface area contributed by atoms with Crippen molar-refractivity contribution in [2.24, 2.45) is 7.05 Å². The van der Waals surface area contributed by atoms with Crippen LogP contribution in [0.25, 0.3) is 10.2 Å². The zero-order chi connectivity index (χ0) is 16.7. The van der Waals surface area contributed by atoms with E-state index >= 15 is 0 Å². The average Bonchev–Trinajstić information content (AvgIpc) is 3.18. The Morgan fingerprint density at radius 1 is 1.25 bits per heavy atom. The standard InChI is InChI=1S/C18H20N4OS/c1-12-11-15(20-21(12)2)18(23)22-9-7-13(8-10-22)17-19-14-5-3-4-6-16(14)24-17/h3-6,11,13H,7-10H2,1-2H3. The van der Waals surface area contributed by atoms with E-state index in [1.165, 1.54) is 9.71 Å². The van der Waals surface area contributed by atoms with Gasteiger partial charge in [-0.25, -0.2) is 4.98 Å². The van der Waals surface area contributed by atoms with Crippen LogP contribution in [0.4, 0.5) is 0 Å². The molecule has 0 N–H and O–H groups in total. The third kappa shape index (κ3) is 2.71. The van der Waals surface area contributed by atoms with Gasteiger partial charge in [0.05, 0.1) is 15.2 Å². The number of amides is 1. The van der Waals surface area contributed by atoms with Crippen molar-refractivity contribution in [1.29, 1.82) is 0 Å². The van der Waals surface area contributed by atoms with Crippen LogP contribution in [0.2, 0.25) is 0 Å². The molecule has 1 aliphatic heterocycles. The molecule has 1 saturated heterocycles. The highest BCUT2D eigenvalue weighted by atomic mass is 32.1. The minimum atomic E-state index is 0.0430. The number of carbonyl (C=O) groups excluding carboxylic acids is 1. The van der Waals surface area contributed by atoms with Crippen molar-refractivity contribution in [2.45, 2.75) is 25.7 Å². The summed E-state index contributed by atoms with van der Waals surface area (Å²) in [6, 6.07) is 10.1. The van der Waals surface area contributed by atoms with Gasteiger partial charge in [0.25, 0.3) is 5.91 Å². The van der Waals surface area contributed by atoms with E-state index in [1.807, 2.05) is 31.0 Å². The normalized spacial score (nSPS) is 16.0. The van der Waals surface area contributed by atoms with E-state index < -0.39 is 0 Å². The van der Waals surface area contributed by atoms with Gasteiger partial charge in [0.1, 0.15) is 0 Å². The van der Waals surface area contributed by atoms with Crippen LogP contribution in [-0.4, -0.2) is 38.7 Å². The van der Waals surface area contributed by atoms with Gasteiger partial charge in [-0.2, -0.15) is 5.10 Å². The van der Waals surface area contributed by atoms with Gasteiger partial charge < -0.3 is 4.90 Å². The first-order valence-corrected chi connectivity index (χ1v) is 9.09. The Morgan fingerprint density at radius 3 is 2.67 bits per heavy atom. The van der Waals surface area contributed by atoms with Gasteiger partial charge in [0.2, 0.25) is 0 Å². The summed E-state index contributed by atoms with van der Waals surface area (Å²) < 4.78 is 3.00. The predicted molar refractivity (Wildman–Crippen MR) is 95.4 cm³/mol. The van der Waals surface area contributed by atoms with E-state index in [0.717, 1.165) is 37.1 Å². The monoisotopic (exact) mass is 340 g/mol. The molecule has 124 valence electrons. The van der Waals surface area contributed by atoms with Crippen molar-refractivity contribution < 1.29 is 4.79 Å². The fourth-order valence-corrected chi connectivity index (χ4v) is 4.36. The first-order valence-electron chi connectivity index (χ1n) is 8.27. The van der Waals surface area contributed by atoms with Crippen LogP contribution in [0.15, 0.2) is 30.3 Å². The average molecular weight is 340 g/mol. The Labute approximate surface area is 144 Å². The molecule has 1 aliphatic rings. The summed E-state index contributed by atoms with van der Waals surface area (Å²) in [7, 11) is 1.87. The van der Waals surface area contributed by atoms with Gasteiger partial charge in [-0.15, -0.1) is 11.3 Å². The number of benzene rings is 1. The number of hydrogen-bond acceptors (Lipinski definition) is 4. The summed E-state index contributed by atoms with van der Waals surface area (Å²) in [6.07, 6.45) is 1.94. The fraction of sp³-hybridized carbons (Fsp3) is 0.389. The van der Waals surface area contributed by atoms with Gasteiger partial charge >= 0.3 is 0 Å². The summed E-state index contributed by atoms with van der Waals surface area (Å²) in [5, 5.41) is 5.51. The Hall–Kier alpha value is -2.21. The van der Waals surface area contributed by atoms with E-state index in [1.54, 1.807) is 16.0 Å². The summed E-state index contributed by atoms with van der Waals surface area (Å²) in [5.41, 5.74) is 2.64. The topological polar surface area (TPSA) is 51.0 Å². The van der Waals surface area contributed by atoms with Crippen LogP contribution >= 0.6 is 11.3 Å². The van der Waals surface area contributed by atoms with Crippen LogP contribution in [0.5, 0.6) is 0 Å². The molecule has 6 heteroatoms. The number of fused-ring (bicyclic) bond motifs is 1. The van der Waals surface area contributed by atoms with Crippen molar-refractivity contribution in [2.75, 3.05) is 13.1 Å². The predicted octanol–water partition coefficient (Wildman–Crippen LogP) is 3.36. The molecule has 3 aromatic rings. The van der Waals surface area contributed by atoms with E-state index in [9.17, 15) is 4.79 Å². The Bertz CT molecular complexity index is 837. The molecule has 2 aromatic heterocycles. The SMILES string of the molecule is Cc1cc(C(=O)N2CCC(c3nc4ccccc4s3)CC2)nn1C. The molecule has 5 nitrogen and oxygen atoms in total. The largest absolute Gasteiger partial charge is 0.337 e. The number of piperidine rings is 1. The highest BCUT2D eigenvalue weighted by molar-refractivity contribution is 7.18.